The van der Waals surface area contributed by atoms with Crippen LogP contribution in [0.5, 0.6) is 5.75 Å². The van der Waals surface area contributed by atoms with E-state index >= 15 is 0 Å². The van der Waals surface area contributed by atoms with Crippen molar-refractivity contribution in [3.05, 3.63) is 42.2 Å². The van der Waals surface area contributed by atoms with Crippen LogP contribution in [0.3, 0.4) is 0 Å². The van der Waals surface area contributed by atoms with E-state index in [1.807, 2.05) is 31.2 Å². The van der Waals surface area contributed by atoms with Gasteiger partial charge in [-0.15, -0.1) is 0 Å². The lowest BCUT2D eigenvalue weighted by molar-refractivity contribution is -0.118. The summed E-state index contributed by atoms with van der Waals surface area (Å²) in [6.07, 6.45) is 4.05. The van der Waals surface area contributed by atoms with Gasteiger partial charge in [0, 0.05) is 6.20 Å². The zero-order chi connectivity index (χ0) is 15.1. The number of hydrogen-bond donors (Lipinski definition) is 2. The minimum Gasteiger partial charge on any atom is -0.483 e. The van der Waals surface area contributed by atoms with Gasteiger partial charge in [0.25, 0.3) is 5.91 Å². The number of benzene rings is 1. The Labute approximate surface area is 123 Å². The minimum atomic E-state index is -0.246. The van der Waals surface area contributed by atoms with Crippen LogP contribution in [0.25, 0.3) is 0 Å². The largest absolute Gasteiger partial charge is 0.483 e. The molecule has 0 radical (unpaired) electrons. The number of rotatable bonds is 7. The summed E-state index contributed by atoms with van der Waals surface area (Å²) in [5.41, 5.74) is 1.65. The molecule has 0 atom stereocenters. The van der Waals surface area contributed by atoms with E-state index in [1.54, 1.807) is 10.9 Å². The first-order valence-electron chi connectivity index (χ1n) is 6.86. The maximum atomic E-state index is 11.8. The quantitative estimate of drug-likeness (QED) is 0.809. The first kappa shape index (κ1) is 15.1. The summed E-state index contributed by atoms with van der Waals surface area (Å²) in [7, 11) is 0. The van der Waals surface area contributed by atoms with Crippen LogP contribution >= 0.6 is 0 Å². The lowest BCUT2D eigenvalue weighted by Crippen LogP contribution is -2.20. The fourth-order valence-electron chi connectivity index (χ4n) is 1.93. The summed E-state index contributed by atoms with van der Waals surface area (Å²) < 4.78 is 7.10. The zero-order valence-electron chi connectivity index (χ0n) is 12.0. The Morgan fingerprint density at radius 3 is 3.00 bits per heavy atom. The van der Waals surface area contributed by atoms with Crippen molar-refractivity contribution in [3.63, 3.8) is 0 Å². The number of ether oxygens (including phenoxy) is 1. The molecule has 6 nitrogen and oxygen atoms in total. The van der Waals surface area contributed by atoms with E-state index in [-0.39, 0.29) is 19.1 Å². The van der Waals surface area contributed by atoms with Crippen LogP contribution in [-0.2, 0) is 17.8 Å². The molecule has 2 N–H and O–H groups in total. The molecule has 0 saturated heterocycles. The van der Waals surface area contributed by atoms with Gasteiger partial charge in [0.05, 0.1) is 25.0 Å². The predicted octanol–water partition coefficient (Wildman–Crippen LogP) is 1.46. The van der Waals surface area contributed by atoms with Gasteiger partial charge in [-0.2, -0.15) is 5.10 Å². The number of aromatic nitrogens is 2. The maximum Gasteiger partial charge on any atom is 0.262 e. The molecular weight excluding hydrogens is 270 g/mol. The fourth-order valence-corrected chi connectivity index (χ4v) is 1.93. The van der Waals surface area contributed by atoms with Crippen LogP contribution in [0, 0.1) is 0 Å². The van der Waals surface area contributed by atoms with E-state index in [2.05, 4.69) is 10.4 Å². The van der Waals surface area contributed by atoms with Gasteiger partial charge < -0.3 is 15.2 Å². The van der Waals surface area contributed by atoms with Gasteiger partial charge in [-0.25, -0.2) is 0 Å². The summed E-state index contributed by atoms with van der Waals surface area (Å²) in [4.78, 5) is 11.8. The molecule has 0 bridgehead atoms. The molecule has 0 saturated carbocycles. The minimum absolute atomic E-state index is 0.00593. The first-order chi connectivity index (χ1) is 10.2. The Hall–Kier alpha value is -2.34. The van der Waals surface area contributed by atoms with E-state index in [9.17, 15) is 4.79 Å². The van der Waals surface area contributed by atoms with Gasteiger partial charge in [0.2, 0.25) is 0 Å². The molecule has 0 aliphatic carbocycles. The number of carbonyl (C=O) groups is 1. The highest BCUT2D eigenvalue weighted by Gasteiger charge is 2.07. The summed E-state index contributed by atoms with van der Waals surface area (Å²) in [6.45, 7) is 2.39. The van der Waals surface area contributed by atoms with Gasteiger partial charge in [0.1, 0.15) is 5.75 Å². The van der Waals surface area contributed by atoms with E-state index in [4.69, 9.17) is 9.84 Å². The van der Waals surface area contributed by atoms with Gasteiger partial charge in [-0.3, -0.25) is 9.48 Å². The highest BCUT2D eigenvalue weighted by molar-refractivity contribution is 5.91. The number of anilines is 1. The molecule has 0 unspecified atom stereocenters. The molecule has 0 spiro atoms. The van der Waals surface area contributed by atoms with Crippen LogP contribution < -0.4 is 10.1 Å². The van der Waals surface area contributed by atoms with E-state index in [1.165, 1.54) is 6.20 Å². The van der Waals surface area contributed by atoms with E-state index in [0.29, 0.717) is 12.2 Å². The molecule has 0 aliphatic rings. The van der Waals surface area contributed by atoms with Gasteiger partial charge in [-0.05, 0) is 18.1 Å². The van der Waals surface area contributed by atoms with E-state index < -0.39 is 0 Å². The van der Waals surface area contributed by atoms with Crippen LogP contribution in [0.1, 0.15) is 12.5 Å². The topological polar surface area (TPSA) is 76.4 Å². The Morgan fingerprint density at radius 2 is 2.24 bits per heavy atom. The molecule has 6 heteroatoms. The number of nitrogens with zero attached hydrogens (tertiary/aromatic N) is 2. The predicted molar refractivity (Wildman–Crippen MR) is 79.3 cm³/mol. The third-order valence-electron chi connectivity index (χ3n) is 2.96. The molecule has 2 aromatic rings. The number of para-hydroxylation sites is 1. The molecule has 1 aromatic carbocycles. The highest BCUT2D eigenvalue weighted by atomic mass is 16.5. The molecule has 0 fully saturated rings. The van der Waals surface area contributed by atoms with Crippen LogP contribution in [-0.4, -0.2) is 34.0 Å². The molecule has 1 amide bonds. The van der Waals surface area contributed by atoms with Crippen molar-refractivity contribution in [3.8, 4) is 5.75 Å². The average molecular weight is 289 g/mol. The monoisotopic (exact) mass is 289 g/mol. The van der Waals surface area contributed by atoms with Crippen LogP contribution in [0.4, 0.5) is 5.69 Å². The van der Waals surface area contributed by atoms with Crippen LogP contribution in [0.2, 0.25) is 0 Å². The Kier molecular flexibility index (Phi) is 5.34. The zero-order valence-corrected chi connectivity index (χ0v) is 12.0. The third kappa shape index (κ3) is 4.32. The third-order valence-corrected chi connectivity index (χ3v) is 2.96. The number of carbonyl (C=O) groups excluding carboxylic acids is 1. The number of amides is 1. The Bertz CT molecular complexity index is 595. The van der Waals surface area contributed by atoms with Crippen molar-refractivity contribution in [2.45, 2.75) is 19.9 Å². The first-order valence-corrected chi connectivity index (χ1v) is 6.86. The molecule has 1 heterocycles. The number of aliphatic hydroxyl groups excluding tert-OH is 1. The lowest BCUT2D eigenvalue weighted by atomic mass is 10.1. The van der Waals surface area contributed by atoms with Crippen molar-refractivity contribution in [1.82, 2.24) is 9.78 Å². The SMILES string of the molecule is CCc1ccccc1OCC(=O)Nc1cnn(CCO)c1. The summed E-state index contributed by atoms with van der Waals surface area (Å²) in [5, 5.41) is 15.5. The maximum absolute atomic E-state index is 11.8. The normalized spacial score (nSPS) is 10.4. The highest BCUT2D eigenvalue weighted by Crippen LogP contribution is 2.18. The van der Waals surface area contributed by atoms with Crippen LogP contribution in [0.15, 0.2) is 36.7 Å². The second-order valence-electron chi connectivity index (χ2n) is 4.51. The molecular formula is C15H19N3O3. The number of hydrogen-bond acceptors (Lipinski definition) is 4. The van der Waals surface area contributed by atoms with Crippen molar-refractivity contribution < 1.29 is 14.6 Å². The van der Waals surface area contributed by atoms with Crippen molar-refractivity contribution in [2.24, 2.45) is 0 Å². The van der Waals surface area contributed by atoms with Gasteiger partial charge in [0.15, 0.2) is 6.61 Å². The Balaban J connectivity index is 1.86. The van der Waals surface area contributed by atoms with Crippen molar-refractivity contribution in [2.75, 3.05) is 18.5 Å². The van der Waals surface area contributed by atoms with E-state index in [0.717, 1.165) is 17.7 Å². The van der Waals surface area contributed by atoms with Crippen molar-refractivity contribution >= 4 is 11.6 Å². The second kappa shape index (κ2) is 7.44. The van der Waals surface area contributed by atoms with Crippen molar-refractivity contribution in [1.29, 1.82) is 0 Å². The fraction of sp³-hybridized carbons (Fsp3) is 0.333. The molecule has 0 aliphatic heterocycles. The molecule has 21 heavy (non-hydrogen) atoms. The molecule has 1 aromatic heterocycles. The van der Waals surface area contributed by atoms with Gasteiger partial charge in [-0.1, -0.05) is 25.1 Å². The molecule has 2 rings (SSSR count). The number of nitrogens with one attached hydrogen (secondary N) is 1. The number of aryl methyl sites for hydroxylation is 1. The van der Waals surface area contributed by atoms with Gasteiger partial charge >= 0.3 is 0 Å². The average Bonchev–Trinajstić information content (AvgIpc) is 2.93. The standard InChI is InChI=1S/C15H19N3O3/c1-2-12-5-3-4-6-14(12)21-11-15(20)17-13-9-16-18(10-13)7-8-19/h3-6,9-10,19H,2,7-8,11H2,1H3,(H,17,20). The summed E-state index contributed by atoms with van der Waals surface area (Å²) in [5.74, 6) is 0.482. The second-order valence-corrected chi connectivity index (χ2v) is 4.51. The molecule has 112 valence electrons. The lowest BCUT2D eigenvalue weighted by Gasteiger charge is -2.09. The number of aliphatic hydroxyl groups is 1. The smallest absolute Gasteiger partial charge is 0.262 e. The summed E-state index contributed by atoms with van der Waals surface area (Å²) in [6, 6.07) is 7.66. The Morgan fingerprint density at radius 1 is 1.43 bits per heavy atom. The summed E-state index contributed by atoms with van der Waals surface area (Å²) >= 11 is 0.